The van der Waals surface area contributed by atoms with Crippen molar-refractivity contribution in [2.24, 2.45) is 0 Å². The van der Waals surface area contributed by atoms with Crippen molar-refractivity contribution >= 4 is 28.7 Å². The van der Waals surface area contributed by atoms with Crippen LogP contribution in [0, 0.1) is 24.0 Å². The summed E-state index contributed by atoms with van der Waals surface area (Å²) in [5, 5.41) is 11.4. The molecule has 3 aromatic rings. The van der Waals surface area contributed by atoms with E-state index in [1.165, 1.54) is 23.6 Å². The van der Waals surface area contributed by atoms with Crippen molar-refractivity contribution in [3.05, 3.63) is 56.9 Å². The summed E-state index contributed by atoms with van der Waals surface area (Å²) < 4.78 is 5.62. The van der Waals surface area contributed by atoms with Gasteiger partial charge in [-0.05, 0) is 42.0 Å². The van der Waals surface area contributed by atoms with E-state index in [0.717, 1.165) is 11.4 Å². The molecule has 3 aromatic heterocycles. The molecule has 4 rings (SSSR count). The van der Waals surface area contributed by atoms with Crippen LogP contribution in [-0.4, -0.2) is 51.9 Å². The molecule has 9 nitrogen and oxygen atoms in total. The molecular formula is C19H19N5O4S. The second-order valence-corrected chi connectivity index (χ2v) is 7.75. The Morgan fingerprint density at radius 3 is 2.52 bits per heavy atom. The van der Waals surface area contributed by atoms with Crippen molar-refractivity contribution in [2.75, 3.05) is 31.1 Å². The fourth-order valence-electron chi connectivity index (χ4n) is 3.23. The summed E-state index contributed by atoms with van der Waals surface area (Å²) >= 11 is 1.35. The van der Waals surface area contributed by atoms with Crippen LogP contribution in [0.4, 0.5) is 11.5 Å². The molecule has 1 amide bonds. The second kappa shape index (κ2) is 7.63. The summed E-state index contributed by atoms with van der Waals surface area (Å²) in [5.41, 5.74) is 1.51. The number of rotatable bonds is 4. The normalized spacial score (nSPS) is 14.3. The average molecular weight is 413 g/mol. The first-order valence-corrected chi connectivity index (χ1v) is 9.93. The summed E-state index contributed by atoms with van der Waals surface area (Å²) in [7, 11) is 0. The van der Waals surface area contributed by atoms with E-state index in [-0.39, 0.29) is 11.7 Å². The molecule has 1 fully saturated rings. The third-order valence-corrected chi connectivity index (χ3v) is 5.95. The van der Waals surface area contributed by atoms with E-state index in [1.807, 2.05) is 30.9 Å². The SMILES string of the molecule is Cc1ccc(-c2nc(C)c(C(=O)N3CCN(c4ccc([N+](=O)[O-])nc4)CC3)s2)o1. The van der Waals surface area contributed by atoms with E-state index in [1.54, 1.807) is 6.07 Å². The fourth-order valence-corrected chi connectivity index (χ4v) is 4.23. The number of pyridine rings is 1. The lowest BCUT2D eigenvalue weighted by Crippen LogP contribution is -2.48. The Hall–Kier alpha value is -3.27. The van der Waals surface area contributed by atoms with Gasteiger partial charge in [0.2, 0.25) is 0 Å². The average Bonchev–Trinajstić information content (AvgIpc) is 3.33. The van der Waals surface area contributed by atoms with Crippen molar-refractivity contribution in [3.8, 4) is 10.8 Å². The number of hydrogen-bond acceptors (Lipinski definition) is 8. The van der Waals surface area contributed by atoms with Gasteiger partial charge >= 0.3 is 5.82 Å². The quantitative estimate of drug-likeness (QED) is 0.477. The Bertz CT molecular complexity index is 1050. The van der Waals surface area contributed by atoms with Gasteiger partial charge in [-0.15, -0.1) is 11.3 Å². The zero-order valence-electron chi connectivity index (χ0n) is 16.0. The molecule has 4 heterocycles. The largest absolute Gasteiger partial charge is 0.459 e. The predicted octanol–water partition coefficient (Wildman–Crippen LogP) is 3.29. The van der Waals surface area contributed by atoms with Gasteiger partial charge in [0, 0.05) is 32.2 Å². The first kappa shape index (κ1) is 19.1. The summed E-state index contributed by atoms with van der Waals surface area (Å²) in [4.78, 5) is 36.1. The highest BCUT2D eigenvalue weighted by molar-refractivity contribution is 7.17. The number of aryl methyl sites for hydroxylation is 2. The van der Waals surface area contributed by atoms with Crippen molar-refractivity contribution in [2.45, 2.75) is 13.8 Å². The van der Waals surface area contributed by atoms with Crippen LogP contribution in [0.3, 0.4) is 0 Å². The molecule has 1 aliphatic rings. The third-order valence-electron chi connectivity index (χ3n) is 4.79. The van der Waals surface area contributed by atoms with Gasteiger partial charge in [-0.25, -0.2) is 4.98 Å². The van der Waals surface area contributed by atoms with Gasteiger partial charge < -0.3 is 24.3 Å². The monoisotopic (exact) mass is 413 g/mol. The van der Waals surface area contributed by atoms with Crippen molar-refractivity contribution in [3.63, 3.8) is 0 Å². The van der Waals surface area contributed by atoms with E-state index in [9.17, 15) is 14.9 Å². The highest BCUT2D eigenvalue weighted by Gasteiger charge is 2.26. The molecule has 10 heteroatoms. The Morgan fingerprint density at radius 1 is 1.17 bits per heavy atom. The summed E-state index contributed by atoms with van der Waals surface area (Å²) in [6.45, 7) is 6.09. The molecule has 150 valence electrons. The van der Waals surface area contributed by atoms with Crippen LogP contribution in [-0.2, 0) is 0 Å². The minimum atomic E-state index is -0.518. The van der Waals surface area contributed by atoms with Gasteiger partial charge in [0.25, 0.3) is 5.91 Å². The minimum Gasteiger partial charge on any atom is -0.459 e. The number of hydrogen-bond donors (Lipinski definition) is 0. The van der Waals surface area contributed by atoms with Crippen molar-refractivity contribution in [1.82, 2.24) is 14.9 Å². The minimum absolute atomic E-state index is 0.0315. The van der Waals surface area contributed by atoms with Gasteiger partial charge in [-0.3, -0.25) is 4.79 Å². The Balaban J connectivity index is 1.43. The van der Waals surface area contributed by atoms with E-state index in [0.29, 0.717) is 47.5 Å². The maximum atomic E-state index is 13.0. The molecule has 0 unspecified atom stereocenters. The second-order valence-electron chi connectivity index (χ2n) is 6.75. The molecule has 0 spiro atoms. The maximum absolute atomic E-state index is 13.0. The summed E-state index contributed by atoms with van der Waals surface area (Å²) in [5.74, 6) is 1.27. The van der Waals surface area contributed by atoms with Crippen LogP contribution in [0.1, 0.15) is 21.1 Å². The lowest BCUT2D eigenvalue weighted by Gasteiger charge is -2.35. The van der Waals surface area contributed by atoms with Crippen LogP contribution < -0.4 is 4.90 Å². The number of piperazine rings is 1. The standard InChI is InChI=1S/C19H19N5O4S/c1-12-3-5-15(28-12)18-21-13(2)17(29-18)19(25)23-9-7-22(8-10-23)14-4-6-16(20-11-14)24(26)27/h3-6,11H,7-10H2,1-2H3. The fraction of sp³-hybridized carbons (Fsp3) is 0.316. The number of nitrogens with zero attached hydrogens (tertiary/aromatic N) is 5. The number of anilines is 1. The van der Waals surface area contributed by atoms with Crippen LogP contribution in [0.15, 0.2) is 34.9 Å². The van der Waals surface area contributed by atoms with Gasteiger partial charge in [0.1, 0.15) is 10.6 Å². The number of nitro groups is 1. The molecule has 1 saturated heterocycles. The van der Waals surface area contributed by atoms with Crippen LogP contribution in [0.25, 0.3) is 10.8 Å². The summed E-state index contributed by atoms with van der Waals surface area (Å²) in [6.07, 6.45) is 1.50. The number of amides is 1. The Labute approximate surface area is 170 Å². The maximum Gasteiger partial charge on any atom is 0.363 e. The molecule has 0 N–H and O–H groups in total. The van der Waals surface area contributed by atoms with E-state index in [2.05, 4.69) is 14.9 Å². The molecule has 0 aliphatic carbocycles. The number of carbonyl (C=O) groups excluding carboxylic acids is 1. The molecule has 0 saturated carbocycles. The van der Waals surface area contributed by atoms with E-state index >= 15 is 0 Å². The molecule has 1 aliphatic heterocycles. The smallest absolute Gasteiger partial charge is 0.363 e. The molecule has 29 heavy (non-hydrogen) atoms. The summed E-state index contributed by atoms with van der Waals surface area (Å²) in [6, 6.07) is 6.82. The van der Waals surface area contributed by atoms with Gasteiger partial charge in [0.15, 0.2) is 17.0 Å². The molecule has 0 bridgehead atoms. The number of furan rings is 1. The Morgan fingerprint density at radius 2 is 1.93 bits per heavy atom. The first-order chi connectivity index (χ1) is 13.9. The van der Waals surface area contributed by atoms with Gasteiger partial charge in [-0.2, -0.15) is 0 Å². The van der Waals surface area contributed by atoms with E-state index < -0.39 is 4.92 Å². The zero-order chi connectivity index (χ0) is 20.5. The number of thiazole rings is 1. The predicted molar refractivity (Wildman–Crippen MR) is 108 cm³/mol. The highest BCUT2D eigenvalue weighted by Crippen LogP contribution is 2.30. The molecule has 0 radical (unpaired) electrons. The van der Waals surface area contributed by atoms with E-state index in [4.69, 9.17) is 4.42 Å². The van der Waals surface area contributed by atoms with Crippen LogP contribution in [0.5, 0.6) is 0 Å². The first-order valence-electron chi connectivity index (χ1n) is 9.11. The van der Waals surface area contributed by atoms with Gasteiger partial charge in [0.05, 0.1) is 11.4 Å². The van der Waals surface area contributed by atoms with Gasteiger partial charge in [-0.1, -0.05) is 0 Å². The van der Waals surface area contributed by atoms with Crippen molar-refractivity contribution < 1.29 is 14.1 Å². The number of carbonyl (C=O) groups is 1. The molecule has 0 aromatic carbocycles. The topological polar surface area (TPSA) is 106 Å². The van der Waals surface area contributed by atoms with Crippen LogP contribution >= 0.6 is 11.3 Å². The lowest BCUT2D eigenvalue weighted by molar-refractivity contribution is -0.389. The Kier molecular flexibility index (Phi) is 5.01. The molecular weight excluding hydrogens is 394 g/mol. The number of aromatic nitrogens is 2. The lowest BCUT2D eigenvalue weighted by atomic mass is 10.2. The van der Waals surface area contributed by atoms with Crippen molar-refractivity contribution in [1.29, 1.82) is 0 Å². The highest BCUT2D eigenvalue weighted by atomic mass is 32.1. The molecule has 0 atom stereocenters. The zero-order valence-corrected chi connectivity index (χ0v) is 16.8. The third kappa shape index (κ3) is 3.83. The van der Waals surface area contributed by atoms with Crippen LogP contribution in [0.2, 0.25) is 0 Å².